The Balaban J connectivity index is 1.62. The third kappa shape index (κ3) is 3.63. The van der Waals surface area contributed by atoms with Crippen LogP contribution in [0.25, 0.3) is 0 Å². The molecule has 0 bridgehead atoms. The summed E-state index contributed by atoms with van der Waals surface area (Å²) in [4.78, 5) is 28.0. The minimum Gasteiger partial charge on any atom is -0.494 e. The molecule has 1 N–H and O–H groups in total. The Bertz CT molecular complexity index is 642. The van der Waals surface area contributed by atoms with Crippen LogP contribution in [0.3, 0.4) is 0 Å². The molecule has 0 saturated carbocycles. The lowest BCUT2D eigenvalue weighted by molar-refractivity contribution is -0.130. The molecular formula is C19H27N3O3. The molecule has 2 fully saturated rings. The number of hydrogen-bond donors (Lipinski definition) is 1. The lowest BCUT2D eigenvalue weighted by Gasteiger charge is -2.26. The molecule has 1 aromatic carbocycles. The molecule has 3 amide bonds. The first-order valence-electron chi connectivity index (χ1n) is 9.03. The monoisotopic (exact) mass is 345 g/mol. The largest absolute Gasteiger partial charge is 0.494 e. The van der Waals surface area contributed by atoms with Gasteiger partial charge in [-0.2, -0.15) is 0 Å². The van der Waals surface area contributed by atoms with Crippen molar-refractivity contribution < 1.29 is 14.3 Å². The summed E-state index contributed by atoms with van der Waals surface area (Å²) in [6, 6.07) is 8.30. The lowest BCUT2D eigenvalue weighted by atomic mass is 10.0. The van der Waals surface area contributed by atoms with Gasteiger partial charge in [0.05, 0.1) is 6.61 Å². The van der Waals surface area contributed by atoms with Crippen LogP contribution in [-0.4, -0.2) is 53.5 Å². The smallest absolute Gasteiger partial charge is 0.325 e. The number of urea groups is 1. The predicted molar refractivity (Wildman–Crippen MR) is 95.5 cm³/mol. The van der Waals surface area contributed by atoms with Crippen LogP contribution in [0, 0.1) is 0 Å². The molecule has 2 aliphatic heterocycles. The summed E-state index contributed by atoms with van der Waals surface area (Å²) in [7, 11) is 0. The van der Waals surface area contributed by atoms with Crippen LogP contribution in [0.2, 0.25) is 0 Å². The van der Waals surface area contributed by atoms with Gasteiger partial charge >= 0.3 is 6.03 Å². The number of imide groups is 1. The number of likely N-dealkylation sites (tertiary alicyclic amines) is 1. The highest BCUT2D eigenvalue weighted by Gasteiger charge is 2.44. The van der Waals surface area contributed by atoms with E-state index in [4.69, 9.17) is 4.74 Å². The van der Waals surface area contributed by atoms with Crippen molar-refractivity contribution >= 4 is 11.9 Å². The number of nitrogens with one attached hydrogen (secondary N) is 1. The standard InChI is InChI=1S/C19H27N3O3/c1-4-25-15-9-7-14(8-10-15)16-6-5-11-21(16)12-13-22-17(23)19(2,3)20-18(22)24/h7-10,16H,4-6,11-13H2,1-3H3,(H,20,24)/t16-/m0/s1. The van der Waals surface area contributed by atoms with Crippen molar-refractivity contribution in [1.29, 1.82) is 0 Å². The van der Waals surface area contributed by atoms with Gasteiger partial charge in [-0.05, 0) is 57.9 Å². The molecule has 0 radical (unpaired) electrons. The van der Waals surface area contributed by atoms with E-state index in [-0.39, 0.29) is 11.9 Å². The number of amides is 3. The first kappa shape index (κ1) is 17.7. The van der Waals surface area contributed by atoms with E-state index in [1.54, 1.807) is 13.8 Å². The molecule has 0 aromatic heterocycles. The quantitative estimate of drug-likeness (QED) is 0.805. The molecule has 25 heavy (non-hydrogen) atoms. The van der Waals surface area contributed by atoms with Gasteiger partial charge in [-0.25, -0.2) is 4.79 Å². The number of benzene rings is 1. The molecule has 136 valence electrons. The van der Waals surface area contributed by atoms with Gasteiger partial charge in [0, 0.05) is 19.1 Å². The first-order valence-corrected chi connectivity index (χ1v) is 9.03. The average molecular weight is 345 g/mol. The van der Waals surface area contributed by atoms with Gasteiger partial charge in [0.15, 0.2) is 0 Å². The molecule has 6 heteroatoms. The average Bonchev–Trinajstić information content (AvgIpc) is 3.10. The number of carbonyl (C=O) groups excluding carboxylic acids is 2. The molecule has 0 aliphatic carbocycles. The Kier molecular flexibility index (Phi) is 4.99. The summed E-state index contributed by atoms with van der Waals surface area (Å²) in [5.41, 5.74) is 0.467. The van der Waals surface area contributed by atoms with Crippen LogP contribution < -0.4 is 10.1 Å². The van der Waals surface area contributed by atoms with Gasteiger partial charge < -0.3 is 10.1 Å². The maximum Gasteiger partial charge on any atom is 0.325 e. The number of ether oxygens (including phenoxy) is 1. The highest BCUT2D eigenvalue weighted by atomic mass is 16.5. The fraction of sp³-hybridized carbons (Fsp3) is 0.579. The van der Waals surface area contributed by atoms with E-state index in [2.05, 4.69) is 22.3 Å². The van der Waals surface area contributed by atoms with Crippen molar-refractivity contribution in [3.8, 4) is 5.75 Å². The van der Waals surface area contributed by atoms with E-state index >= 15 is 0 Å². The van der Waals surface area contributed by atoms with Gasteiger partial charge in [-0.1, -0.05) is 12.1 Å². The number of nitrogens with zero attached hydrogens (tertiary/aromatic N) is 2. The number of rotatable bonds is 6. The summed E-state index contributed by atoms with van der Waals surface area (Å²) >= 11 is 0. The second-order valence-electron chi connectivity index (χ2n) is 7.21. The van der Waals surface area contributed by atoms with Crippen molar-refractivity contribution in [3.63, 3.8) is 0 Å². The number of carbonyl (C=O) groups is 2. The van der Waals surface area contributed by atoms with E-state index in [0.29, 0.717) is 25.7 Å². The van der Waals surface area contributed by atoms with Gasteiger partial charge in [-0.15, -0.1) is 0 Å². The molecule has 1 aromatic rings. The molecule has 0 spiro atoms. The molecule has 2 heterocycles. The summed E-state index contributed by atoms with van der Waals surface area (Å²) in [6.07, 6.45) is 2.23. The van der Waals surface area contributed by atoms with Gasteiger partial charge in [0.1, 0.15) is 11.3 Å². The van der Waals surface area contributed by atoms with Crippen molar-refractivity contribution in [2.24, 2.45) is 0 Å². The van der Waals surface area contributed by atoms with Gasteiger partial charge in [-0.3, -0.25) is 14.6 Å². The zero-order chi connectivity index (χ0) is 18.0. The van der Waals surface area contributed by atoms with Crippen LogP contribution in [0.1, 0.15) is 45.2 Å². The molecule has 2 saturated heterocycles. The van der Waals surface area contributed by atoms with E-state index in [1.807, 2.05) is 19.1 Å². The van der Waals surface area contributed by atoms with Crippen molar-refractivity contribution in [2.45, 2.75) is 45.2 Å². The third-order valence-electron chi connectivity index (χ3n) is 4.99. The maximum absolute atomic E-state index is 12.3. The van der Waals surface area contributed by atoms with Crippen LogP contribution in [0.5, 0.6) is 5.75 Å². The minimum atomic E-state index is -0.795. The van der Waals surface area contributed by atoms with Crippen molar-refractivity contribution in [2.75, 3.05) is 26.2 Å². The summed E-state index contributed by atoms with van der Waals surface area (Å²) < 4.78 is 5.51. The Labute approximate surface area is 149 Å². The van der Waals surface area contributed by atoms with Crippen LogP contribution >= 0.6 is 0 Å². The maximum atomic E-state index is 12.3. The Morgan fingerprint density at radius 2 is 1.92 bits per heavy atom. The fourth-order valence-electron chi connectivity index (χ4n) is 3.67. The van der Waals surface area contributed by atoms with Crippen LogP contribution in [0.15, 0.2) is 24.3 Å². The molecular weight excluding hydrogens is 318 g/mol. The summed E-state index contributed by atoms with van der Waals surface area (Å²) in [5.74, 6) is 0.742. The SMILES string of the molecule is CCOc1ccc([C@@H]2CCCN2CCN2C(=O)NC(C)(C)C2=O)cc1. The number of hydrogen-bond acceptors (Lipinski definition) is 4. The summed E-state index contributed by atoms with van der Waals surface area (Å²) in [6.45, 7) is 8.25. The molecule has 3 rings (SSSR count). The predicted octanol–water partition coefficient (Wildman–Crippen LogP) is 2.55. The van der Waals surface area contributed by atoms with Gasteiger partial charge in [0.25, 0.3) is 5.91 Å². The topological polar surface area (TPSA) is 61.9 Å². The van der Waals surface area contributed by atoms with Crippen molar-refractivity contribution in [1.82, 2.24) is 15.1 Å². The van der Waals surface area contributed by atoms with Crippen molar-refractivity contribution in [3.05, 3.63) is 29.8 Å². The van der Waals surface area contributed by atoms with Crippen LogP contribution in [-0.2, 0) is 4.79 Å². The second kappa shape index (κ2) is 7.04. The van der Waals surface area contributed by atoms with E-state index in [1.165, 1.54) is 10.5 Å². The highest BCUT2D eigenvalue weighted by molar-refractivity contribution is 6.06. The van der Waals surface area contributed by atoms with Crippen LogP contribution in [0.4, 0.5) is 4.79 Å². The molecule has 1 atom stereocenters. The molecule has 6 nitrogen and oxygen atoms in total. The highest BCUT2D eigenvalue weighted by Crippen LogP contribution is 2.32. The Morgan fingerprint density at radius 1 is 1.20 bits per heavy atom. The third-order valence-corrected chi connectivity index (χ3v) is 4.99. The molecule has 0 unspecified atom stereocenters. The van der Waals surface area contributed by atoms with E-state index in [9.17, 15) is 9.59 Å². The zero-order valence-corrected chi connectivity index (χ0v) is 15.2. The first-order chi connectivity index (χ1) is 11.9. The van der Waals surface area contributed by atoms with Gasteiger partial charge in [0.2, 0.25) is 0 Å². The lowest BCUT2D eigenvalue weighted by Crippen LogP contribution is -2.41. The zero-order valence-electron chi connectivity index (χ0n) is 15.2. The van der Waals surface area contributed by atoms with E-state index in [0.717, 1.165) is 25.1 Å². The normalized spacial score (nSPS) is 23.2. The fourth-order valence-corrected chi connectivity index (χ4v) is 3.67. The Hall–Kier alpha value is -2.08. The Morgan fingerprint density at radius 3 is 2.52 bits per heavy atom. The van der Waals surface area contributed by atoms with E-state index < -0.39 is 5.54 Å². The summed E-state index contributed by atoms with van der Waals surface area (Å²) in [5, 5.41) is 2.73. The molecule has 2 aliphatic rings. The minimum absolute atomic E-state index is 0.144. The second-order valence-corrected chi connectivity index (χ2v) is 7.21.